The Kier molecular flexibility index (Phi) is 4.96. The highest BCUT2D eigenvalue weighted by atomic mass is 32.1. The number of hydrogen-bond donors (Lipinski definition) is 1. The van der Waals surface area contributed by atoms with Crippen molar-refractivity contribution >= 4 is 39.4 Å². The minimum absolute atomic E-state index is 0.00825. The van der Waals surface area contributed by atoms with Crippen LogP contribution in [0.5, 0.6) is 11.5 Å². The van der Waals surface area contributed by atoms with Crippen LogP contribution in [0, 0.1) is 10.1 Å². The number of nitro groups is 1. The Morgan fingerprint density at radius 3 is 2.52 bits per heavy atom. The van der Waals surface area contributed by atoms with Crippen LogP contribution < -0.4 is 14.8 Å². The van der Waals surface area contributed by atoms with Gasteiger partial charge in [-0.3, -0.25) is 10.1 Å². The molecule has 2 heterocycles. The molecule has 0 aliphatic rings. The van der Waals surface area contributed by atoms with Gasteiger partial charge in [-0.05, 0) is 23.6 Å². The maximum absolute atomic E-state index is 11.1. The highest BCUT2D eigenvalue weighted by molar-refractivity contribution is 7.13. The van der Waals surface area contributed by atoms with E-state index in [-0.39, 0.29) is 5.69 Å². The molecule has 8 nitrogen and oxygen atoms in total. The number of thiophene rings is 1. The first-order chi connectivity index (χ1) is 14.1. The maximum atomic E-state index is 11.1. The number of non-ortho nitro benzene ring substituents is 1. The molecular formula is C20H16N4O4S. The van der Waals surface area contributed by atoms with Crippen molar-refractivity contribution in [2.45, 2.75) is 0 Å². The van der Waals surface area contributed by atoms with Gasteiger partial charge in [0.1, 0.15) is 5.82 Å². The van der Waals surface area contributed by atoms with E-state index in [9.17, 15) is 10.1 Å². The quantitative estimate of drug-likeness (QED) is 0.353. The molecular weight excluding hydrogens is 392 g/mol. The summed E-state index contributed by atoms with van der Waals surface area (Å²) in [5.74, 6) is 2.15. The molecule has 9 heteroatoms. The van der Waals surface area contributed by atoms with Gasteiger partial charge in [0.25, 0.3) is 5.69 Å². The Balaban J connectivity index is 1.90. The van der Waals surface area contributed by atoms with E-state index < -0.39 is 4.92 Å². The Morgan fingerprint density at radius 2 is 1.83 bits per heavy atom. The van der Waals surface area contributed by atoms with E-state index in [2.05, 4.69) is 15.3 Å². The van der Waals surface area contributed by atoms with Gasteiger partial charge in [0.2, 0.25) is 0 Å². The number of aromatic nitrogens is 2. The van der Waals surface area contributed by atoms with Gasteiger partial charge < -0.3 is 14.8 Å². The molecule has 0 radical (unpaired) electrons. The SMILES string of the molecule is COc1cc2nc(-c3cccs3)nc(Nc3cccc([N+](=O)[O-])c3)c2cc1OC. The predicted octanol–water partition coefficient (Wildman–Crippen LogP) is 5.03. The lowest BCUT2D eigenvalue weighted by atomic mass is 10.2. The highest BCUT2D eigenvalue weighted by Crippen LogP contribution is 2.36. The standard InChI is InChI=1S/C20H16N4O4S/c1-27-16-10-14-15(11-17(16)28-2)22-20(18-7-4-8-29-18)23-19(14)21-12-5-3-6-13(9-12)24(25)26/h3-11H,1-2H3,(H,21,22,23). The predicted molar refractivity (Wildman–Crippen MR) is 112 cm³/mol. The van der Waals surface area contributed by atoms with E-state index in [4.69, 9.17) is 9.47 Å². The van der Waals surface area contributed by atoms with E-state index in [0.29, 0.717) is 39.7 Å². The van der Waals surface area contributed by atoms with Crippen LogP contribution in [0.2, 0.25) is 0 Å². The molecule has 4 aromatic rings. The zero-order valence-corrected chi connectivity index (χ0v) is 16.4. The fourth-order valence-electron chi connectivity index (χ4n) is 2.90. The molecule has 29 heavy (non-hydrogen) atoms. The van der Waals surface area contributed by atoms with Crippen LogP contribution in [0.4, 0.5) is 17.2 Å². The molecule has 0 atom stereocenters. The number of nitro benzene ring substituents is 1. The first-order valence-corrected chi connectivity index (χ1v) is 9.46. The van der Waals surface area contributed by atoms with Crippen LogP contribution in [-0.4, -0.2) is 29.1 Å². The first kappa shape index (κ1) is 18.6. The lowest BCUT2D eigenvalue weighted by Gasteiger charge is -2.13. The van der Waals surface area contributed by atoms with Gasteiger partial charge in [0.15, 0.2) is 17.3 Å². The van der Waals surface area contributed by atoms with Crippen LogP contribution in [0.1, 0.15) is 0 Å². The van der Waals surface area contributed by atoms with Gasteiger partial charge >= 0.3 is 0 Å². The molecule has 0 saturated heterocycles. The molecule has 1 N–H and O–H groups in total. The summed E-state index contributed by atoms with van der Waals surface area (Å²) in [5, 5.41) is 16.9. The number of ether oxygens (including phenoxy) is 2. The van der Waals surface area contributed by atoms with Crippen LogP contribution >= 0.6 is 11.3 Å². The van der Waals surface area contributed by atoms with Crippen molar-refractivity contribution < 1.29 is 14.4 Å². The number of nitrogens with one attached hydrogen (secondary N) is 1. The number of hydrogen-bond acceptors (Lipinski definition) is 8. The normalized spacial score (nSPS) is 10.7. The summed E-state index contributed by atoms with van der Waals surface area (Å²) in [7, 11) is 3.12. The molecule has 0 fully saturated rings. The van der Waals surface area contributed by atoms with Crippen LogP contribution in [0.15, 0.2) is 53.9 Å². The number of fused-ring (bicyclic) bond motifs is 1. The summed E-state index contributed by atoms with van der Waals surface area (Å²) in [6, 6.07) is 13.7. The Morgan fingerprint density at radius 1 is 1.03 bits per heavy atom. The molecule has 2 aromatic heterocycles. The number of nitrogens with zero attached hydrogens (tertiary/aromatic N) is 3. The van der Waals surface area contributed by atoms with E-state index in [1.165, 1.54) is 23.5 Å². The average Bonchev–Trinajstić information content (AvgIpc) is 3.27. The third-order valence-corrected chi connectivity index (χ3v) is 5.13. The number of benzene rings is 2. The van der Waals surface area contributed by atoms with Crippen molar-refractivity contribution in [1.82, 2.24) is 9.97 Å². The van der Waals surface area contributed by atoms with Crippen LogP contribution in [-0.2, 0) is 0 Å². The van der Waals surface area contributed by atoms with E-state index in [0.717, 1.165) is 4.88 Å². The van der Waals surface area contributed by atoms with Gasteiger partial charge in [0.05, 0.1) is 29.5 Å². The summed E-state index contributed by atoms with van der Waals surface area (Å²) in [4.78, 5) is 20.9. The first-order valence-electron chi connectivity index (χ1n) is 8.58. The zero-order valence-electron chi connectivity index (χ0n) is 15.6. The lowest BCUT2D eigenvalue weighted by molar-refractivity contribution is -0.384. The molecule has 0 aliphatic carbocycles. The molecule has 0 bridgehead atoms. The van der Waals surface area contributed by atoms with Crippen molar-refractivity contribution in [3.05, 3.63) is 64.0 Å². The molecule has 0 amide bonds. The van der Waals surface area contributed by atoms with Gasteiger partial charge in [0, 0.05) is 29.3 Å². The third kappa shape index (κ3) is 3.67. The van der Waals surface area contributed by atoms with E-state index >= 15 is 0 Å². The zero-order chi connectivity index (χ0) is 20.4. The van der Waals surface area contributed by atoms with Crippen molar-refractivity contribution in [1.29, 1.82) is 0 Å². The number of methoxy groups -OCH3 is 2. The lowest BCUT2D eigenvalue weighted by Crippen LogP contribution is -2.00. The summed E-state index contributed by atoms with van der Waals surface area (Å²) < 4.78 is 10.8. The third-order valence-electron chi connectivity index (χ3n) is 4.26. The number of rotatable bonds is 6. The summed E-state index contributed by atoms with van der Waals surface area (Å²) in [6.07, 6.45) is 0. The monoisotopic (exact) mass is 408 g/mol. The van der Waals surface area contributed by atoms with Crippen LogP contribution in [0.25, 0.3) is 21.6 Å². The second-order valence-corrected chi connectivity index (χ2v) is 6.98. The molecule has 4 rings (SSSR count). The minimum Gasteiger partial charge on any atom is -0.493 e. The van der Waals surface area contributed by atoms with Gasteiger partial charge in [-0.2, -0.15) is 0 Å². The van der Waals surface area contributed by atoms with Crippen molar-refractivity contribution in [3.8, 4) is 22.2 Å². The molecule has 0 unspecified atom stereocenters. The summed E-state index contributed by atoms with van der Waals surface area (Å²) in [5.41, 5.74) is 1.20. The topological polar surface area (TPSA) is 99.4 Å². The summed E-state index contributed by atoms with van der Waals surface area (Å²) >= 11 is 1.53. The average molecular weight is 408 g/mol. The minimum atomic E-state index is -0.436. The van der Waals surface area contributed by atoms with Crippen molar-refractivity contribution in [2.75, 3.05) is 19.5 Å². The molecule has 0 aliphatic heterocycles. The largest absolute Gasteiger partial charge is 0.493 e. The Bertz CT molecular complexity index is 1190. The fraction of sp³-hybridized carbons (Fsp3) is 0.100. The second-order valence-electron chi connectivity index (χ2n) is 6.03. The van der Waals surface area contributed by atoms with Gasteiger partial charge in [-0.15, -0.1) is 11.3 Å². The maximum Gasteiger partial charge on any atom is 0.271 e. The smallest absolute Gasteiger partial charge is 0.271 e. The second kappa shape index (κ2) is 7.72. The Labute approximate surface area is 169 Å². The highest BCUT2D eigenvalue weighted by Gasteiger charge is 2.16. The van der Waals surface area contributed by atoms with Crippen molar-refractivity contribution in [2.24, 2.45) is 0 Å². The van der Waals surface area contributed by atoms with E-state index in [1.807, 2.05) is 17.5 Å². The fourth-order valence-corrected chi connectivity index (χ4v) is 3.56. The molecule has 0 spiro atoms. The van der Waals surface area contributed by atoms with Crippen molar-refractivity contribution in [3.63, 3.8) is 0 Å². The molecule has 2 aromatic carbocycles. The van der Waals surface area contributed by atoms with Crippen LogP contribution in [0.3, 0.4) is 0 Å². The van der Waals surface area contributed by atoms with E-state index in [1.54, 1.807) is 38.5 Å². The molecule has 0 saturated carbocycles. The molecule has 146 valence electrons. The number of anilines is 2. The van der Waals surface area contributed by atoms with Gasteiger partial charge in [-0.25, -0.2) is 9.97 Å². The van der Waals surface area contributed by atoms with Gasteiger partial charge in [-0.1, -0.05) is 12.1 Å². The summed E-state index contributed by atoms with van der Waals surface area (Å²) in [6.45, 7) is 0. The Hall–Kier alpha value is -3.72.